The first-order valence-corrected chi connectivity index (χ1v) is 13.7. The van der Waals surface area contributed by atoms with E-state index in [1.165, 1.54) is 0 Å². The second-order valence-electron chi connectivity index (χ2n) is 11.3. The van der Waals surface area contributed by atoms with Crippen molar-refractivity contribution in [2.75, 3.05) is 7.05 Å². The van der Waals surface area contributed by atoms with Gasteiger partial charge in [-0.25, -0.2) is 0 Å². The fourth-order valence-corrected chi connectivity index (χ4v) is 5.76. The van der Waals surface area contributed by atoms with Gasteiger partial charge in [-0.1, -0.05) is 27.7 Å². The molecular weight excluding hydrogens is 478 g/mol. The van der Waals surface area contributed by atoms with Crippen LogP contribution in [0.2, 0.25) is 0 Å². The highest BCUT2D eigenvalue weighted by atomic mass is 16.7. The molecule has 0 spiro atoms. The van der Waals surface area contributed by atoms with Gasteiger partial charge in [0.1, 0.15) is 23.4 Å². The van der Waals surface area contributed by atoms with Crippen LogP contribution in [0.3, 0.4) is 0 Å². The summed E-state index contributed by atoms with van der Waals surface area (Å²) in [5.74, 6) is -3.15. The fourth-order valence-electron chi connectivity index (χ4n) is 5.76. The maximum absolute atomic E-state index is 13.5. The molecule has 2 heterocycles. The number of cyclic esters (lactones) is 1. The standard InChI is InChI=1S/C28H47NO8/c1-9-23-28(7,34-15-30)14-17(3)22(31)11-10-16(2)26(19(5)25(32)20(6)27(33)36-23)37-24-13-21(29-8)12-18(4)35-24/h15-21,23-24,26,29H,9-14H2,1-8H3/t16?,17-,18?,19?,20?,21?,23?,24?,26?,28?/m1/s1. The quantitative estimate of drug-likeness (QED) is 0.315. The molecule has 0 saturated carbocycles. The minimum absolute atomic E-state index is 0.00113. The summed E-state index contributed by atoms with van der Waals surface area (Å²) in [5.41, 5.74) is -1.18. The van der Waals surface area contributed by atoms with Crippen LogP contribution >= 0.6 is 0 Å². The van der Waals surface area contributed by atoms with Crippen LogP contribution in [-0.2, 0) is 38.1 Å². The van der Waals surface area contributed by atoms with E-state index in [4.69, 9.17) is 18.9 Å². The molecule has 0 aromatic rings. The average Bonchev–Trinajstić information content (AvgIpc) is 2.86. The summed E-state index contributed by atoms with van der Waals surface area (Å²) in [4.78, 5) is 51.1. The molecule has 10 atom stereocenters. The summed E-state index contributed by atoms with van der Waals surface area (Å²) in [6.07, 6.45) is 1.08. The van der Waals surface area contributed by atoms with E-state index in [1.807, 2.05) is 27.8 Å². The summed E-state index contributed by atoms with van der Waals surface area (Å²) in [6, 6.07) is 0.235. The molecule has 2 aliphatic rings. The summed E-state index contributed by atoms with van der Waals surface area (Å²) >= 11 is 0. The van der Waals surface area contributed by atoms with Crippen LogP contribution in [-0.4, -0.2) is 67.3 Å². The predicted molar refractivity (Wildman–Crippen MR) is 138 cm³/mol. The molecule has 9 heteroatoms. The van der Waals surface area contributed by atoms with Gasteiger partial charge in [0, 0.05) is 37.1 Å². The maximum Gasteiger partial charge on any atom is 0.316 e. The molecule has 0 aromatic carbocycles. The summed E-state index contributed by atoms with van der Waals surface area (Å²) in [5, 5.41) is 3.29. The lowest BCUT2D eigenvalue weighted by Gasteiger charge is -2.39. The summed E-state index contributed by atoms with van der Waals surface area (Å²) in [7, 11) is 1.91. The molecule has 0 aromatic heterocycles. The normalized spacial score (nSPS) is 41.0. The van der Waals surface area contributed by atoms with E-state index in [0.717, 1.165) is 6.42 Å². The molecule has 2 fully saturated rings. The largest absolute Gasteiger partial charge is 0.458 e. The number of carbonyl (C=O) groups is 4. The van der Waals surface area contributed by atoms with Crippen molar-refractivity contribution < 1.29 is 38.1 Å². The van der Waals surface area contributed by atoms with E-state index in [0.29, 0.717) is 32.2 Å². The van der Waals surface area contributed by atoms with Crippen molar-refractivity contribution in [1.29, 1.82) is 0 Å². The van der Waals surface area contributed by atoms with Crippen molar-refractivity contribution in [3.05, 3.63) is 0 Å². The molecule has 0 bridgehead atoms. The monoisotopic (exact) mass is 525 g/mol. The van der Waals surface area contributed by atoms with Crippen molar-refractivity contribution in [1.82, 2.24) is 5.32 Å². The molecule has 0 radical (unpaired) electrons. The van der Waals surface area contributed by atoms with Crippen molar-refractivity contribution in [3.63, 3.8) is 0 Å². The zero-order valence-electron chi connectivity index (χ0n) is 23.8. The third-order valence-electron chi connectivity index (χ3n) is 8.21. The van der Waals surface area contributed by atoms with Crippen LogP contribution in [0.4, 0.5) is 0 Å². The molecule has 0 amide bonds. The third-order valence-corrected chi connectivity index (χ3v) is 8.21. The van der Waals surface area contributed by atoms with Gasteiger partial charge in [0.25, 0.3) is 6.47 Å². The Labute approximate surface area is 221 Å². The first-order valence-electron chi connectivity index (χ1n) is 13.7. The Morgan fingerprint density at radius 2 is 1.78 bits per heavy atom. The van der Waals surface area contributed by atoms with Crippen molar-refractivity contribution in [2.45, 2.75) is 123 Å². The minimum Gasteiger partial charge on any atom is -0.458 e. The highest BCUT2D eigenvalue weighted by Gasteiger charge is 2.44. The second kappa shape index (κ2) is 13.8. The van der Waals surface area contributed by atoms with Gasteiger partial charge in [-0.3, -0.25) is 19.2 Å². The van der Waals surface area contributed by atoms with Gasteiger partial charge < -0.3 is 24.3 Å². The number of ketones is 2. The Balaban J connectivity index is 2.37. The highest BCUT2D eigenvalue weighted by Crippen LogP contribution is 2.34. The Hall–Kier alpha value is -1.84. The number of nitrogens with one attached hydrogen (secondary N) is 1. The van der Waals surface area contributed by atoms with Crippen LogP contribution in [0.25, 0.3) is 0 Å². The number of esters is 1. The molecule has 2 aliphatic heterocycles. The number of rotatable bonds is 6. The number of carbonyl (C=O) groups excluding carboxylic acids is 4. The summed E-state index contributed by atoms with van der Waals surface area (Å²) in [6.45, 7) is 12.9. The van der Waals surface area contributed by atoms with Crippen molar-refractivity contribution >= 4 is 24.0 Å². The van der Waals surface area contributed by atoms with E-state index in [-0.39, 0.29) is 36.1 Å². The third kappa shape index (κ3) is 8.07. The molecular formula is C28H47NO8. The lowest BCUT2D eigenvalue weighted by molar-refractivity contribution is -0.231. The van der Waals surface area contributed by atoms with Gasteiger partial charge in [-0.15, -0.1) is 0 Å². The number of hydrogen-bond donors (Lipinski definition) is 1. The smallest absolute Gasteiger partial charge is 0.316 e. The minimum atomic E-state index is -1.18. The van der Waals surface area contributed by atoms with Crippen LogP contribution < -0.4 is 5.32 Å². The molecule has 2 saturated heterocycles. The fraction of sp³-hybridized carbons (Fsp3) is 0.857. The van der Waals surface area contributed by atoms with Gasteiger partial charge >= 0.3 is 5.97 Å². The van der Waals surface area contributed by atoms with E-state index >= 15 is 0 Å². The Kier molecular flexibility index (Phi) is 11.7. The van der Waals surface area contributed by atoms with Crippen molar-refractivity contribution in [3.8, 4) is 0 Å². The van der Waals surface area contributed by atoms with Crippen LogP contribution in [0, 0.1) is 23.7 Å². The zero-order chi connectivity index (χ0) is 27.9. The first kappa shape index (κ1) is 31.4. The van der Waals surface area contributed by atoms with E-state index in [2.05, 4.69) is 5.32 Å². The molecule has 0 aliphatic carbocycles. The van der Waals surface area contributed by atoms with Crippen LogP contribution in [0.15, 0.2) is 0 Å². The molecule has 37 heavy (non-hydrogen) atoms. The van der Waals surface area contributed by atoms with Crippen molar-refractivity contribution in [2.24, 2.45) is 23.7 Å². The van der Waals surface area contributed by atoms with Crippen LogP contribution in [0.1, 0.15) is 87.0 Å². The lowest BCUT2D eigenvalue weighted by Crippen LogP contribution is -2.49. The van der Waals surface area contributed by atoms with Gasteiger partial charge in [-0.2, -0.15) is 0 Å². The zero-order valence-corrected chi connectivity index (χ0v) is 23.8. The topological polar surface area (TPSA) is 117 Å². The first-order chi connectivity index (χ1) is 17.4. The highest BCUT2D eigenvalue weighted by molar-refractivity contribution is 6.00. The predicted octanol–water partition coefficient (Wildman–Crippen LogP) is 3.60. The average molecular weight is 526 g/mol. The Morgan fingerprint density at radius 1 is 1.11 bits per heavy atom. The molecule has 2 rings (SSSR count). The second-order valence-corrected chi connectivity index (χ2v) is 11.3. The van der Waals surface area contributed by atoms with Gasteiger partial charge in [0.15, 0.2) is 12.1 Å². The molecule has 212 valence electrons. The van der Waals surface area contributed by atoms with E-state index < -0.39 is 47.8 Å². The van der Waals surface area contributed by atoms with Gasteiger partial charge in [0.05, 0.1) is 12.2 Å². The number of hydrogen-bond acceptors (Lipinski definition) is 9. The SMILES string of the molecule is CCC1OC(=O)C(C)C(=O)C(C)C(OC2CC(NC)CC(C)O2)C(C)CCC(=O)[C@H](C)CC1(C)OC=O. The van der Waals surface area contributed by atoms with E-state index in [1.54, 1.807) is 27.7 Å². The molecule has 9 unspecified atom stereocenters. The molecule has 1 N–H and O–H groups in total. The van der Waals surface area contributed by atoms with E-state index in [9.17, 15) is 19.2 Å². The summed E-state index contributed by atoms with van der Waals surface area (Å²) < 4.78 is 23.6. The number of Topliss-reactive ketones (excluding diaryl/α,β-unsaturated/α-hetero) is 2. The number of ether oxygens (including phenoxy) is 4. The Bertz CT molecular complexity index is 803. The molecule has 9 nitrogen and oxygen atoms in total. The van der Waals surface area contributed by atoms with Gasteiger partial charge in [-0.05, 0) is 53.0 Å². The lowest BCUT2D eigenvalue weighted by atomic mass is 9.80. The Morgan fingerprint density at radius 3 is 2.38 bits per heavy atom. The van der Waals surface area contributed by atoms with Gasteiger partial charge in [0.2, 0.25) is 0 Å². The maximum atomic E-state index is 13.5. The van der Waals surface area contributed by atoms with Crippen LogP contribution in [0.5, 0.6) is 0 Å².